The lowest BCUT2D eigenvalue weighted by Crippen LogP contribution is -1.85. The van der Waals surface area contributed by atoms with Crippen LogP contribution in [0.25, 0.3) is 10.8 Å². The van der Waals surface area contributed by atoms with Crippen LogP contribution in [0.1, 0.15) is 38.9 Å². The molecule has 7 aromatic rings. The molecule has 0 aliphatic rings. The molecule has 0 radical (unpaired) electrons. The SMILES string of the molecule is COc1ccc(Cl)c(C)c1.COc1ccc(Cl)cc1C.Cc1ccc(Cl)c(C)c1.Cc1ccc(F)c(F)c1.Cc1cccc2ccccc12.Cc1ccccc1. The summed E-state index contributed by atoms with van der Waals surface area (Å²) in [5.74, 6) is 0.155. The highest BCUT2D eigenvalue weighted by Crippen LogP contribution is 2.22. The molecule has 7 rings (SSSR count). The molecular weight excluding hydrogens is 765 g/mol. The van der Waals surface area contributed by atoms with Crippen LogP contribution in [0.15, 0.2) is 146 Å². The van der Waals surface area contributed by atoms with Gasteiger partial charge < -0.3 is 9.47 Å². The van der Waals surface area contributed by atoms with E-state index in [-0.39, 0.29) is 0 Å². The average molecular weight is 816 g/mol. The summed E-state index contributed by atoms with van der Waals surface area (Å²) >= 11 is 17.3. The van der Waals surface area contributed by atoms with Gasteiger partial charge in [0, 0.05) is 15.1 Å². The number of rotatable bonds is 2. The molecule has 0 saturated carbocycles. The lowest BCUT2D eigenvalue weighted by atomic mass is 10.1. The van der Waals surface area contributed by atoms with E-state index in [2.05, 4.69) is 81.4 Å². The topological polar surface area (TPSA) is 18.5 Å². The molecule has 0 unspecified atom stereocenters. The van der Waals surface area contributed by atoms with Crippen LogP contribution < -0.4 is 9.47 Å². The van der Waals surface area contributed by atoms with Crippen LogP contribution >= 0.6 is 34.8 Å². The van der Waals surface area contributed by atoms with E-state index >= 15 is 0 Å². The van der Waals surface area contributed by atoms with Crippen LogP contribution in [0.5, 0.6) is 11.5 Å². The molecule has 56 heavy (non-hydrogen) atoms. The maximum atomic E-state index is 12.2. The molecule has 0 aliphatic heterocycles. The van der Waals surface area contributed by atoms with Crippen molar-refractivity contribution in [2.45, 2.75) is 48.5 Å². The first-order chi connectivity index (χ1) is 26.6. The molecule has 7 heteroatoms. The zero-order valence-corrected chi connectivity index (χ0v) is 35.8. The van der Waals surface area contributed by atoms with Gasteiger partial charge in [0.2, 0.25) is 0 Å². The summed E-state index contributed by atoms with van der Waals surface area (Å²) < 4.78 is 34.4. The molecule has 2 nitrogen and oxygen atoms in total. The average Bonchev–Trinajstić information content (AvgIpc) is 3.18. The van der Waals surface area contributed by atoms with Gasteiger partial charge >= 0.3 is 0 Å². The Kier molecular flexibility index (Phi) is 21.4. The molecule has 0 bridgehead atoms. The minimum Gasteiger partial charge on any atom is -0.497 e. The van der Waals surface area contributed by atoms with Crippen molar-refractivity contribution in [3.05, 3.63) is 211 Å². The second-order valence-corrected chi connectivity index (χ2v) is 14.1. The molecule has 0 aliphatic carbocycles. The van der Waals surface area contributed by atoms with E-state index in [4.69, 9.17) is 44.3 Å². The summed E-state index contributed by atoms with van der Waals surface area (Å²) in [6.07, 6.45) is 0. The summed E-state index contributed by atoms with van der Waals surface area (Å²) in [7, 11) is 3.29. The van der Waals surface area contributed by atoms with Gasteiger partial charge in [-0.3, -0.25) is 0 Å². The Hall–Kier alpha value is -4.87. The van der Waals surface area contributed by atoms with E-state index in [1.165, 1.54) is 33.5 Å². The fourth-order valence-corrected chi connectivity index (χ4v) is 5.37. The van der Waals surface area contributed by atoms with Gasteiger partial charge in [0.1, 0.15) is 11.5 Å². The Labute approximate surface area is 347 Å². The zero-order chi connectivity index (χ0) is 41.6. The van der Waals surface area contributed by atoms with E-state index in [1.54, 1.807) is 21.1 Å². The largest absolute Gasteiger partial charge is 0.497 e. The van der Waals surface area contributed by atoms with Crippen molar-refractivity contribution in [3.63, 3.8) is 0 Å². The molecule has 0 heterocycles. The summed E-state index contributed by atoms with van der Waals surface area (Å²) in [4.78, 5) is 0. The molecular formula is C49H51Cl3F2O2. The van der Waals surface area contributed by atoms with Gasteiger partial charge in [-0.25, -0.2) is 8.78 Å². The number of aryl methyl sites for hydroxylation is 7. The van der Waals surface area contributed by atoms with Crippen molar-refractivity contribution >= 4 is 45.6 Å². The maximum Gasteiger partial charge on any atom is 0.159 e. The lowest BCUT2D eigenvalue weighted by Gasteiger charge is -2.02. The van der Waals surface area contributed by atoms with Crippen molar-refractivity contribution in [1.29, 1.82) is 0 Å². The van der Waals surface area contributed by atoms with E-state index in [9.17, 15) is 8.78 Å². The fraction of sp³-hybridized carbons (Fsp3) is 0.184. The van der Waals surface area contributed by atoms with Crippen LogP contribution in [0.4, 0.5) is 8.78 Å². The Balaban J connectivity index is 0.000000233. The standard InChI is InChI=1S/C11H10.2C8H9ClO.C8H9Cl.C7H6F2.C7H8/c1-9-5-4-7-10-6-2-3-8-11(9)10;1-6-5-7(10-2)3-4-8(6)9;1-6-5-7(9)3-4-8(6)10-2;1-6-3-4-8(9)7(2)5-6;1-5-2-3-6(8)7(9)4-5;1-7-5-3-2-4-6-7/h2-8H,1H3;2*3-5H,1-2H3;3-5H,1-2H3;2-4H,1H3;2-6H,1H3. The van der Waals surface area contributed by atoms with E-state index < -0.39 is 11.6 Å². The highest BCUT2D eigenvalue weighted by atomic mass is 35.5. The summed E-state index contributed by atoms with van der Waals surface area (Å²) in [6.45, 7) is 13.9. The minimum absolute atomic E-state index is 0.730. The highest BCUT2D eigenvalue weighted by Gasteiger charge is 1.98. The molecule has 294 valence electrons. The smallest absolute Gasteiger partial charge is 0.159 e. The van der Waals surface area contributed by atoms with Gasteiger partial charge in [-0.1, -0.05) is 137 Å². The third-order valence-corrected chi connectivity index (χ3v) is 9.14. The fourth-order valence-electron chi connectivity index (χ4n) is 4.90. The first-order valence-electron chi connectivity index (χ1n) is 17.9. The number of ether oxygens (including phenoxy) is 2. The highest BCUT2D eigenvalue weighted by molar-refractivity contribution is 6.31. The van der Waals surface area contributed by atoms with Gasteiger partial charge in [0.25, 0.3) is 0 Å². The van der Waals surface area contributed by atoms with Crippen molar-refractivity contribution in [3.8, 4) is 11.5 Å². The molecule has 7 aromatic carbocycles. The first kappa shape index (κ1) is 47.3. The first-order valence-corrected chi connectivity index (χ1v) is 19.0. The molecule has 0 N–H and O–H groups in total. The van der Waals surface area contributed by atoms with Gasteiger partial charge in [-0.2, -0.15) is 0 Å². The van der Waals surface area contributed by atoms with Crippen molar-refractivity contribution in [1.82, 2.24) is 0 Å². The Morgan fingerprint density at radius 1 is 0.411 bits per heavy atom. The number of hydrogen-bond acceptors (Lipinski definition) is 2. The van der Waals surface area contributed by atoms with Crippen LogP contribution in [0.2, 0.25) is 15.1 Å². The van der Waals surface area contributed by atoms with Crippen molar-refractivity contribution in [2.24, 2.45) is 0 Å². The van der Waals surface area contributed by atoms with Gasteiger partial charge in [0.15, 0.2) is 11.6 Å². The van der Waals surface area contributed by atoms with Gasteiger partial charge in [0.05, 0.1) is 14.2 Å². The number of fused-ring (bicyclic) bond motifs is 1. The van der Waals surface area contributed by atoms with Crippen LogP contribution in [0, 0.1) is 60.1 Å². The minimum atomic E-state index is -0.791. The monoisotopic (exact) mass is 814 g/mol. The molecule has 0 spiro atoms. The second kappa shape index (κ2) is 25.3. The maximum absolute atomic E-state index is 12.2. The molecule has 0 aromatic heterocycles. The third-order valence-electron chi connectivity index (χ3n) is 8.06. The predicted molar refractivity (Wildman–Crippen MR) is 237 cm³/mol. The Morgan fingerprint density at radius 2 is 0.982 bits per heavy atom. The van der Waals surface area contributed by atoms with Crippen LogP contribution in [-0.4, -0.2) is 14.2 Å². The molecule has 0 fully saturated rings. The van der Waals surface area contributed by atoms with Crippen molar-refractivity contribution in [2.75, 3.05) is 14.2 Å². The Morgan fingerprint density at radius 3 is 1.48 bits per heavy atom. The lowest BCUT2D eigenvalue weighted by molar-refractivity contribution is 0.411. The summed E-state index contributed by atoms with van der Waals surface area (Å²) in [6, 6.07) is 46.0. The summed E-state index contributed by atoms with van der Waals surface area (Å²) in [5.41, 5.74) is 7.92. The van der Waals surface area contributed by atoms with E-state index in [1.807, 2.05) is 87.5 Å². The third kappa shape index (κ3) is 17.7. The quantitative estimate of drug-likeness (QED) is 0.173. The predicted octanol–water partition coefficient (Wildman–Crippen LogP) is 15.7. The number of methoxy groups -OCH3 is 2. The molecule has 0 saturated heterocycles. The number of hydrogen-bond donors (Lipinski definition) is 0. The van der Waals surface area contributed by atoms with Gasteiger partial charge in [-0.05, 0) is 142 Å². The van der Waals surface area contributed by atoms with Crippen molar-refractivity contribution < 1.29 is 18.3 Å². The summed E-state index contributed by atoms with van der Waals surface area (Å²) in [5, 5.41) is 5.06. The zero-order valence-electron chi connectivity index (χ0n) is 33.6. The second-order valence-electron chi connectivity index (χ2n) is 12.9. The van der Waals surface area contributed by atoms with E-state index in [0.29, 0.717) is 0 Å². The molecule has 0 amide bonds. The number of halogens is 5. The van der Waals surface area contributed by atoms with Crippen LogP contribution in [0.3, 0.4) is 0 Å². The number of benzene rings is 7. The van der Waals surface area contributed by atoms with Crippen LogP contribution in [-0.2, 0) is 0 Å². The Bertz CT molecular complexity index is 2170. The van der Waals surface area contributed by atoms with Gasteiger partial charge in [-0.15, -0.1) is 0 Å². The normalized spacial score (nSPS) is 9.61. The molecule has 0 atom stereocenters. The van der Waals surface area contributed by atoms with E-state index in [0.717, 1.165) is 61.0 Å².